The molecule has 1 aromatic rings. The molecule has 0 heterocycles. The zero-order chi connectivity index (χ0) is 35.4. The molecule has 1 atom stereocenters. The van der Waals surface area contributed by atoms with Crippen molar-refractivity contribution in [3.63, 3.8) is 0 Å². The smallest absolute Gasteiger partial charge is 0.460 e. The summed E-state index contributed by atoms with van der Waals surface area (Å²) in [6, 6.07) is 2.04. The van der Waals surface area contributed by atoms with Gasteiger partial charge in [-0.3, -0.25) is 14.4 Å². The van der Waals surface area contributed by atoms with Crippen LogP contribution in [0.1, 0.15) is 25.3 Å². The number of halogens is 15. The Kier molecular flexibility index (Phi) is 11.7. The number of benzene rings is 1. The highest BCUT2D eigenvalue weighted by molar-refractivity contribution is 5.91. The van der Waals surface area contributed by atoms with E-state index in [0.717, 1.165) is 29.6 Å². The minimum atomic E-state index is -8.57. The first-order chi connectivity index (χ1) is 20.1. The maximum Gasteiger partial charge on any atom is 0.460 e. The molecule has 0 unspecified atom stereocenters. The first-order valence-electron chi connectivity index (χ1n) is 12.0. The molecule has 2 amide bonds. The summed E-state index contributed by atoms with van der Waals surface area (Å²) in [5, 5.41) is 11.3. The van der Waals surface area contributed by atoms with Gasteiger partial charge in [-0.05, 0) is 31.0 Å². The Morgan fingerprint density at radius 3 is 1.67 bits per heavy atom. The van der Waals surface area contributed by atoms with E-state index in [9.17, 15) is 80.2 Å². The van der Waals surface area contributed by atoms with Crippen molar-refractivity contribution in [3.8, 4) is 5.75 Å². The number of rotatable bonds is 16. The molecule has 0 aliphatic carbocycles. The highest BCUT2D eigenvalue weighted by Crippen LogP contribution is 2.62. The number of hydrogen-bond acceptors (Lipinski definition) is 4. The lowest BCUT2D eigenvalue weighted by Gasteiger charge is -2.41. The van der Waals surface area contributed by atoms with Crippen LogP contribution >= 0.6 is 0 Å². The second kappa shape index (κ2) is 13.4. The maximum atomic E-state index is 14.3. The monoisotopic (exact) mass is 690 g/mol. The highest BCUT2D eigenvalue weighted by Gasteiger charge is 2.94. The van der Waals surface area contributed by atoms with Crippen molar-refractivity contribution in [2.45, 2.75) is 73.9 Å². The summed E-state index contributed by atoms with van der Waals surface area (Å²) in [5.74, 6) is -55.2. The van der Waals surface area contributed by atoms with Crippen LogP contribution in [0.5, 0.6) is 5.75 Å². The Morgan fingerprint density at radius 1 is 0.756 bits per heavy atom. The summed E-state index contributed by atoms with van der Waals surface area (Å²) >= 11 is 0. The van der Waals surface area contributed by atoms with Crippen molar-refractivity contribution in [2.75, 3.05) is 13.2 Å². The summed E-state index contributed by atoms with van der Waals surface area (Å²) < 4.78 is 207. The van der Waals surface area contributed by atoms with Gasteiger partial charge in [0.1, 0.15) is 11.8 Å². The molecule has 1 rings (SSSR count). The van der Waals surface area contributed by atoms with Crippen LogP contribution < -0.4 is 15.4 Å². The standard InChI is InChI=1S/C23H21F15N2O5/c1-2-39-15(43)13(10-11-5-7-12(8-6-11)45-9-3-4-14(41)42)40-16(44)17(24,25)18(26,27)19(28,29)20(30,31)21(32,33)22(34,35)23(36,37)38/h5-8,13H,2-4,9-10H2,1H3,(H,39,43)(H,40,44)(H,41,42)/t13-/m0/s1. The molecule has 258 valence electrons. The molecule has 0 saturated heterocycles. The van der Waals surface area contributed by atoms with Crippen LogP contribution in [0.4, 0.5) is 65.9 Å². The quantitative estimate of drug-likeness (QED) is 0.158. The number of alkyl halides is 15. The predicted molar refractivity (Wildman–Crippen MR) is 119 cm³/mol. The number of carboxylic acids is 1. The van der Waals surface area contributed by atoms with Crippen molar-refractivity contribution in [3.05, 3.63) is 29.8 Å². The van der Waals surface area contributed by atoms with Crippen LogP contribution in [0.25, 0.3) is 0 Å². The number of likely N-dealkylation sites (N-methyl/N-ethyl adjacent to an activating group) is 1. The van der Waals surface area contributed by atoms with Crippen LogP contribution in [-0.4, -0.2) is 83.8 Å². The van der Waals surface area contributed by atoms with Crippen molar-refractivity contribution < 1.29 is 90.1 Å². The molecule has 0 saturated carbocycles. The molecule has 0 aliphatic rings. The number of aliphatic carboxylic acids is 1. The van der Waals surface area contributed by atoms with E-state index in [0.29, 0.717) is 0 Å². The zero-order valence-corrected chi connectivity index (χ0v) is 22.2. The van der Waals surface area contributed by atoms with Gasteiger partial charge in [-0.15, -0.1) is 0 Å². The summed E-state index contributed by atoms with van der Waals surface area (Å²) in [6.45, 7) is 0.763. The third kappa shape index (κ3) is 7.61. The number of carboxylic acid groups (broad SMARTS) is 1. The van der Waals surface area contributed by atoms with Crippen LogP contribution in [0.2, 0.25) is 0 Å². The van der Waals surface area contributed by atoms with E-state index in [4.69, 9.17) is 9.84 Å². The zero-order valence-electron chi connectivity index (χ0n) is 22.2. The van der Waals surface area contributed by atoms with Gasteiger partial charge in [-0.25, -0.2) is 0 Å². The molecule has 0 aliphatic heterocycles. The number of ether oxygens (including phenoxy) is 1. The summed E-state index contributed by atoms with van der Waals surface area (Å²) in [6.07, 6.45) is -8.90. The average Bonchev–Trinajstić information content (AvgIpc) is 2.90. The Hall–Kier alpha value is -3.62. The number of hydrogen-bond donors (Lipinski definition) is 3. The molecule has 0 bridgehead atoms. The molecule has 22 heteroatoms. The van der Waals surface area contributed by atoms with Crippen molar-refractivity contribution in [2.24, 2.45) is 0 Å². The molecule has 0 fully saturated rings. The number of nitrogens with one attached hydrogen (secondary N) is 2. The number of carbonyl (C=O) groups is 3. The normalized spacial score (nSPS) is 14.5. The van der Waals surface area contributed by atoms with E-state index in [1.54, 1.807) is 0 Å². The topological polar surface area (TPSA) is 105 Å². The van der Waals surface area contributed by atoms with E-state index in [2.05, 4.69) is 0 Å². The predicted octanol–water partition coefficient (Wildman–Crippen LogP) is 5.47. The lowest BCUT2D eigenvalue weighted by molar-refractivity contribution is -0.449. The van der Waals surface area contributed by atoms with Crippen LogP contribution in [0.15, 0.2) is 24.3 Å². The lowest BCUT2D eigenvalue weighted by atomic mass is 9.90. The second-order valence-corrected chi connectivity index (χ2v) is 9.06. The minimum absolute atomic E-state index is 0.0641. The van der Waals surface area contributed by atoms with E-state index in [1.807, 2.05) is 5.32 Å². The van der Waals surface area contributed by atoms with Crippen molar-refractivity contribution in [1.29, 1.82) is 0 Å². The largest absolute Gasteiger partial charge is 0.494 e. The highest BCUT2D eigenvalue weighted by atomic mass is 19.4. The summed E-state index contributed by atoms with van der Waals surface area (Å²) in [7, 11) is 0. The third-order valence-electron chi connectivity index (χ3n) is 5.75. The molecule has 1 aromatic carbocycles. The first-order valence-corrected chi connectivity index (χ1v) is 12.0. The number of carbonyl (C=O) groups excluding carboxylic acids is 2. The van der Waals surface area contributed by atoms with Gasteiger partial charge in [0.25, 0.3) is 5.91 Å². The molecular weight excluding hydrogens is 669 g/mol. The average molecular weight is 690 g/mol. The summed E-state index contributed by atoms with van der Waals surface area (Å²) in [4.78, 5) is 34.7. The SMILES string of the molecule is CCNC(=O)[C@H](Cc1ccc(OCCCC(=O)O)cc1)NC(=O)C(F)(F)C(F)(F)C(F)(F)C(F)(F)C(F)(F)C(F)(F)C(F)(F)F. The van der Waals surface area contributed by atoms with Crippen LogP contribution in [0.3, 0.4) is 0 Å². The Balaban J connectivity index is 3.34. The molecule has 0 spiro atoms. The second-order valence-electron chi connectivity index (χ2n) is 9.06. The van der Waals surface area contributed by atoms with Crippen LogP contribution in [0, 0.1) is 0 Å². The third-order valence-corrected chi connectivity index (χ3v) is 5.75. The van der Waals surface area contributed by atoms with Gasteiger partial charge in [0.05, 0.1) is 6.61 Å². The maximum absolute atomic E-state index is 14.3. The first kappa shape index (κ1) is 39.4. The van der Waals surface area contributed by atoms with Crippen molar-refractivity contribution >= 4 is 17.8 Å². The van der Waals surface area contributed by atoms with Gasteiger partial charge in [0.2, 0.25) is 5.91 Å². The van der Waals surface area contributed by atoms with Gasteiger partial charge in [-0.2, -0.15) is 65.9 Å². The van der Waals surface area contributed by atoms with Crippen molar-refractivity contribution in [1.82, 2.24) is 10.6 Å². The van der Waals surface area contributed by atoms with E-state index < -0.39 is 72.0 Å². The Labute approximate surface area is 242 Å². The van der Waals surface area contributed by atoms with E-state index >= 15 is 0 Å². The molecule has 7 nitrogen and oxygen atoms in total. The number of amides is 2. The fourth-order valence-electron chi connectivity index (χ4n) is 3.24. The molecule has 45 heavy (non-hydrogen) atoms. The Morgan fingerprint density at radius 2 is 1.22 bits per heavy atom. The van der Waals surface area contributed by atoms with Gasteiger partial charge < -0.3 is 20.5 Å². The molecule has 0 aromatic heterocycles. The lowest BCUT2D eigenvalue weighted by Crippen LogP contribution is -2.74. The van der Waals surface area contributed by atoms with Gasteiger partial charge in [0.15, 0.2) is 0 Å². The van der Waals surface area contributed by atoms with Gasteiger partial charge >= 0.3 is 47.7 Å². The van der Waals surface area contributed by atoms with Gasteiger partial charge in [0, 0.05) is 19.4 Å². The van der Waals surface area contributed by atoms with Gasteiger partial charge in [-0.1, -0.05) is 12.1 Å². The fourth-order valence-corrected chi connectivity index (χ4v) is 3.24. The fraction of sp³-hybridized carbons (Fsp3) is 0.609. The van der Waals surface area contributed by atoms with Crippen LogP contribution in [-0.2, 0) is 20.8 Å². The van der Waals surface area contributed by atoms with E-state index in [1.165, 1.54) is 6.92 Å². The molecule has 3 N–H and O–H groups in total. The Bertz CT molecular complexity index is 1200. The van der Waals surface area contributed by atoms with E-state index in [-0.39, 0.29) is 37.3 Å². The minimum Gasteiger partial charge on any atom is -0.494 e. The molecular formula is C23H21F15N2O5. The molecule has 0 radical (unpaired) electrons. The summed E-state index contributed by atoms with van der Waals surface area (Å²) in [5.41, 5.74) is -0.106.